The maximum Gasteiger partial charge on any atom is 0.132 e. The van der Waals surface area contributed by atoms with Gasteiger partial charge in [-0.2, -0.15) is 0 Å². The summed E-state index contributed by atoms with van der Waals surface area (Å²) in [6.45, 7) is 8.83. The molecule has 0 fully saturated rings. The first-order valence-electron chi connectivity index (χ1n) is 7.26. The van der Waals surface area contributed by atoms with Gasteiger partial charge in [0.25, 0.3) is 0 Å². The fourth-order valence-corrected chi connectivity index (χ4v) is 2.52. The van der Waals surface area contributed by atoms with Gasteiger partial charge in [0.15, 0.2) is 0 Å². The minimum Gasteiger partial charge on any atom is -0.383 e. The average molecular weight is 269 g/mol. The Labute approximate surface area is 121 Å². The molecule has 0 radical (unpaired) electrons. The van der Waals surface area contributed by atoms with E-state index >= 15 is 0 Å². The van der Waals surface area contributed by atoms with Crippen molar-refractivity contribution in [3.05, 3.63) is 48.3 Å². The minimum atomic E-state index is 0.711. The van der Waals surface area contributed by atoms with Crippen LogP contribution in [0.1, 0.15) is 31.7 Å². The number of anilines is 1. The van der Waals surface area contributed by atoms with Gasteiger partial charge in [0, 0.05) is 18.5 Å². The number of hydrogen-bond acceptors (Lipinski definition) is 2. The highest BCUT2D eigenvalue weighted by molar-refractivity contribution is 5.74. The van der Waals surface area contributed by atoms with E-state index in [1.807, 2.05) is 12.1 Å². The highest BCUT2D eigenvalue weighted by Crippen LogP contribution is 2.30. The Morgan fingerprint density at radius 3 is 2.70 bits per heavy atom. The summed E-state index contributed by atoms with van der Waals surface area (Å²) >= 11 is 0. The van der Waals surface area contributed by atoms with E-state index in [9.17, 15) is 0 Å². The van der Waals surface area contributed by atoms with Crippen LogP contribution in [0.4, 0.5) is 5.82 Å². The molecule has 0 saturated heterocycles. The van der Waals surface area contributed by atoms with Gasteiger partial charge in [0.2, 0.25) is 0 Å². The highest BCUT2D eigenvalue weighted by atomic mass is 15.1. The Morgan fingerprint density at radius 1 is 1.30 bits per heavy atom. The lowest BCUT2D eigenvalue weighted by Gasteiger charge is -2.07. The molecule has 0 bridgehead atoms. The third-order valence-electron chi connectivity index (χ3n) is 3.52. The van der Waals surface area contributed by atoms with Crippen LogP contribution in [0.15, 0.2) is 36.9 Å². The molecule has 1 heterocycles. The van der Waals surface area contributed by atoms with Crippen molar-refractivity contribution >= 4 is 5.82 Å². The normalized spacial score (nSPS) is 10.7. The number of nitrogen functional groups attached to an aromatic ring is 1. The van der Waals surface area contributed by atoms with Gasteiger partial charge >= 0.3 is 0 Å². The maximum atomic E-state index is 6.33. The molecular formula is C17H23N3. The second-order valence-electron chi connectivity index (χ2n) is 4.92. The van der Waals surface area contributed by atoms with Gasteiger partial charge in [-0.25, -0.2) is 4.98 Å². The smallest absolute Gasteiger partial charge is 0.132 e. The van der Waals surface area contributed by atoms with Gasteiger partial charge in [-0.05, 0) is 18.4 Å². The summed E-state index contributed by atoms with van der Waals surface area (Å²) in [7, 11) is 0. The second-order valence-corrected chi connectivity index (χ2v) is 4.92. The Hall–Kier alpha value is -2.03. The maximum absolute atomic E-state index is 6.33. The van der Waals surface area contributed by atoms with Gasteiger partial charge < -0.3 is 10.3 Å². The quantitative estimate of drug-likeness (QED) is 0.810. The first-order valence-corrected chi connectivity index (χ1v) is 7.26. The van der Waals surface area contributed by atoms with Crippen molar-refractivity contribution in [3.8, 4) is 11.3 Å². The lowest BCUT2D eigenvalue weighted by atomic mass is 10.0. The largest absolute Gasteiger partial charge is 0.383 e. The standard InChI is InChI=1S/C17H23N3/c1-4-9-15-19-16(17(18)20(15)12-5-2)14-11-8-7-10-13(14)6-3/h5,7-8,10-11H,2,4,6,9,12,18H2,1,3H3. The average Bonchev–Trinajstić information content (AvgIpc) is 2.77. The van der Waals surface area contributed by atoms with Crippen molar-refractivity contribution in [1.29, 1.82) is 0 Å². The second kappa shape index (κ2) is 6.42. The molecule has 0 aliphatic heterocycles. The van der Waals surface area contributed by atoms with Gasteiger partial charge in [0.05, 0.1) is 0 Å². The number of rotatable bonds is 6. The molecule has 2 N–H and O–H groups in total. The number of aromatic nitrogens is 2. The van der Waals surface area contributed by atoms with E-state index in [1.165, 1.54) is 5.56 Å². The van der Waals surface area contributed by atoms with Gasteiger partial charge in [-0.1, -0.05) is 44.2 Å². The van der Waals surface area contributed by atoms with Gasteiger partial charge in [-0.15, -0.1) is 6.58 Å². The number of imidazole rings is 1. The number of aryl methyl sites for hydroxylation is 2. The molecule has 0 amide bonds. The minimum absolute atomic E-state index is 0.711. The fourth-order valence-electron chi connectivity index (χ4n) is 2.52. The molecule has 0 spiro atoms. The molecule has 0 aliphatic rings. The molecule has 0 aliphatic carbocycles. The molecular weight excluding hydrogens is 246 g/mol. The molecule has 20 heavy (non-hydrogen) atoms. The van der Waals surface area contributed by atoms with Crippen LogP contribution >= 0.6 is 0 Å². The van der Waals surface area contributed by atoms with E-state index in [0.717, 1.165) is 42.2 Å². The zero-order valence-corrected chi connectivity index (χ0v) is 12.4. The molecule has 0 saturated carbocycles. The number of nitrogens with two attached hydrogens (primary N) is 1. The van der Waals surface area contributed by atoms with Crippen molar-refractivity contribution in [1.82, 2.24) is 9.55 Å². The van der Waals surface area contributed by atoms with Crippen LogP contribution in [0.25, 0.3) is 11.3 Å². The molecule has 1 aromatic carbocycles. The van der Waals surface area contributed by atoms with E-state index in [4.69, 9.17) is 10.7 Å². The lowest BCUT2D eigenvalue weighted by molar-refractivity contribution is 0.724. The van der Waals surface area contributed by atoms with Crippen molar-refractivity contribution in [2.45, 2.75) is 39.7 Å². The molecule has 1 aromatic heterocycles. The Bertz CT molecular complexity index is 596. The monoisotopic (exact) mass is 269 g/mol. The molecule has 2 rings (SSSR count). The van der Waals surface area contributed by atoms with E-state index in [2.05, 4.69) is 43.2 Å². The van der Waals surface area contributed by atoms with Crippen LogP contribution in [-0.4, -0.2) is 9.55 Å². The van der Waals surface area contributed by atoms with Crippen molar-refractivity contribution in [2.75, 3.05) is 5.73 Å². The topological polar surface area (TPSA) is 43.8 Å². The predicted molar refractivity (Wildman–Crippen MR) is 85.6 cm³/mol. The zero-order chi connectivity index (χ0) is 14.5. The summed E-state index contributed by atoms with van der Waals surface area (Å²) in [4.78, 5) is 4.79. The summed E-state index contributed by atoms with van der Waals surface area (Å²) in [6, 6.07) is 8.35. The first-order chi connectivity index (χ1) is 9.72. The predicted octanol–water partition coefficient (Wildman–Crippen LogP) is 3.83. The zero-order valence-electron chi connectivity index (χ0n) is 12.4. The first kappa shape index (κ1) is 14.4. The van der Waals surface area contributed by atoms with Gasteiger partial charge in [0.1, 0.15) is 17.3 Å². The third-order valence-corrected chi connectivity index (χ3v) is 3.52. The molecule has 0 atom stereocenters. The Balaban J connectivity index is 2.56. The van der Waals surface area contributed by atoms with Crippen LogP contribution in [0.2, 0.25) is 0 Å². The molecule has 3 heteroatoms. The number of allylic oxidation sites excluding steroid dienone is 1. The van der Waals surface area contributed by atoms with Crippen molar-refractivity contribution in [3.63, 3.8) is 0 Å². The van der Waals surface area contributed by atoms with E-state index in [-0.39, 0.29) is 0 Å². The summed E-state index contributed by atoms with van der Waals surface area (Å²) < 4.78 is 2.07. The number of nitrogens with zero attached hydrogens (tertiary/aromatic N) is 2. The highest BCUT2D eigenvalue weighted by Gasteiger charge is 2.16. The SMILES string of the molecule is C=CCn1c(CCC)nc(-c2ccccc2CC)c1N. The van der Waals surface area contributed by atoms with Crippen LogP contribution in [0, 0.1) is 0 Å². The molecule has 2 aromatic rings. The van der Waals surface area contributed by atoms with Crippen LogP contribution in [-0.2, 0) is 19.4 Å². The van der Waals surface area contributed by atoms with Crippen molar-refractivity contribution < 1.29 is 0 Å². The fraction of sp³-hybridized carbons (Fsp3) is 0.353. The van der Waals surface area contributed by atoms with Crippen LogP contribution in [0.3, 0.4) is 0 Å². The molecule has 0 unspecified atom stereocenters. The lowest BCUT2D eigenvalue weighted by Crippen LogP contribution is -2.05. The van der Waals surface area contributed by atoms with Crippen molar-refractivity contribution in [2.24, 2.45) is 0 Å². The summed E-state index contributed by atoms with van der Waals surface area (Å²) in [5.41, 5.74) is 9.67. The van der Waals surface area contributed by atoms with E-state index < -0.39 is 0 Å². The molecule has 106 valence electrons. The summed E-state index contributed by atoms with van der Waals surface area (Å²) in [5, 5.41) is 0. The van der Waals surface area contributed by atoms with Gasteiger partial charge in [-0.3, -0.25) is 0 Å². The van der Waals surface area contributed by atoms with Crippen LogP contribution < -0.4 is 5.73 Å². The Kier molecular flexibility index (Phi) is 4.61. The van der Waals surface area contributed by atoms with E-state index in [1.54, 1.807) is 0 Å². The number of hydrogen-bond donors (Lipinski definition) is 1. The van der Waals surface area contributed by atoms with E-state index in [0.29, 0.717) is 6.54 Å². The Morgan fingerprint density at radius 2 is 2.05 bits per heavy atom. The third kappa shape index (κ3) is 2.62. The number of benzene rings is 1. The van der Waals surface area contributed by atoms with Crippen LogP contribution in [0.5, 0.6) is 0 Å². The molecule has 3 nitrogen and oxygen atoms in total. The summed E-state index contributed by atoms with van der Waals surface area (Å²) in [6.07, 6.45) is 4.84. The summed E-state index contributed by atoms with van der Waals surface area (Å²) in [5.74, 6) is 1.79.